The zero-order chi connectivity index (χ0) is 13.9. The molecule has 0 aromatic heterocycles. The zero-order valence-electron chi connectivity index (χ0n) is 11.7. The third-order valence-corrected chi connectivity index (χ3v) is 2.57. The van der Waals surface area contributed by atoms with Crippen LogP contribution in [-0.2, 0) is 0 Å². The Labute approximate surface area is 108 Å². The third-order valence-electron chi connectivity index (χ3n) is 2.57. The summed E-state index contributed by atoms with van der Waals surface area (Å²) in [5.74, 6) is 1.21. The van der Waals surface area contributed by atoms with Gasteiger partial charge in [-0.15, -0.1) is 0 Å². The van der Waals surface area contributed by atoms with Gasteiger partial charge in [0, 0.05) is 25.7 Å². The lowest BCUT2D eigenvalue weighted by Crippen LogP contribution is -2.36. The first-order valence-corrected chi connectivity index (χ1v) is 5.73. The first-order chi connectivity index (χ1) is 8.28. The molecule has 0 aliphatic carbocycles. The number of hydrogen-bond acceptors (Lipinski definition) is 5. The summed E-state index contributed by atoms with van der Waals surface area (Å²) in [5.41, 5.74) is 6.57. The molecule has 5 nitrogen and oxygen atoms in total. The van der Waals surface area contributed by atoms with Gasteiger partial charge in [-0.25, -0.2) is 0 Å². The van der Waals surface area contributed by atoms with Crippen LogP contribution in [-0.4, -0.2) is 38.5 Å². The number of nitrogens with zero attached hydrogens (tertiary/aromatic N) is 1. The lowest BCUT2D eigenvalue weighted by Gasteiger charge is -2.28. The van der Waals surface area contributed by atoms with Gasteiger partial charge in [-0.1, -0.05) is 0 Å². The minimum absolute atomic E-state index is 0.465. The van der Waals surface area contributed by atoms with Crippen molar-refractivity contribution in [2.24, 2.45) is 0 Å². The highest BCUT2D eigenvalue weighted by atomic mass is 16.5. The summed E-state index contributed by atoms with van der Waals surface area (Å²) in [7, 11) is 5.01. The number of nitrogens with two attached hydrogens (primary N) is 1. The summed E-state index contributed by atoms with van der Waals surface area (Å²) in [4.78, 5) is 1.89. The zero-order valence-corrected chi connectivity index (χ0v) is 11.7. The van der Waals surface area contributed by atoms with E-state index in [0.717, 1.165) is 5.69 Å². The second-order valence-electron chi connectivity index (χ2n) is 4.93. The number of rotatable bonds is 5. The number of aliphatic hydroxyl groups is 1. The first kappa shape index (κ1) is 14.4. The van der Waals surface area contributed by atoms with Gasteiger partial charge in [-0.3, -0.25) is 0 Å². The van der Waals surface area contributed by atoms with E-state index in [0.29, 0.717) is 23.7 Å². The van der Waals surface area contributed by atoms with Gasteiger partial charge < -0.3 is 25.2 Å². The molecule has 0 aliphatic heterocycles. The lowest BCUT2D eigenvalue weighted by molar-refractivity contribution is 0.0886. The minimum Gasteiger partial charge on any atom is -0.493 e. The van der Waals surface area contributed by atoms with Crippen molar-refractivity contribution in [3.8, 4) is 11.5 Å². The Morgan fingerprint density at radius 1 is 1.22 bits per heavy atom. The van der Waals surface area contributed by atoms with Gasteiger partial charge in [0.1, 0.15) is 0 Å². The monoisotopic (exact) mass is 254 g/mol. The van der Waals surface area contributed by atoms with Crippen molar-refractivity contribution >= 4 is 11.4 Å². The summed E-state index contributed by atoms with van der Waals surface area (Å²) in [5, 5.41) is 9.83. The summed E-state index contributed by atoms with van der Waals surface area (Å²) < 4.78 is 10.4. The molecule has 3 N–H and O–H groups in total. The number of anilines is 2. The van der Waals surface area contributed by atoms with Crippen LogP contribution in [0.25, 0.3) is 0 Å². The van der Waals surface area contributed by atoms with E-state index in [1.54, 1.807) is 40.2 Å². The van der Waals surface area contributed by atoms with Gasteiger partial charge in [0.2, 0.25) is 0 Å². The highest BCUT2D eigenvalue weighted by molar-refractivity contribution is 5.73. The van der Waals surface area contributed by atoms with Crippen LogP contribution in [0, 0.1) is 0 Å². The summed E-state index contributed by atoms with van der Waals surface area (Å²) >= 11 is 0. The maximum Gasteiger partial charge on any atom is 0.162 e. The minimum atomic E-state index is -0.797. The molecule has 0 aliphatic rings. The average molecular weight is 254 g/mol. The molecule has 0 bridgehead atoms. The van der Waals surface area contributed by atoms with Crippen molar-refractivity contribution in [2.45, 2.75) is 19.4 Å². The fourth-order valence-electron chi connectivity index (χ4n) is 1.88. The smallest absolute Gasteiger partial charge is 0.162 e. The maximum absolute atomic E-state index is 9.83. The number of likely N-dealkylation sites (N-methyl/N-ethyl adjacent to an activating group) is 1. The van der Waals surface area contributed by atoms with Crippen molar-refractivity contribution in [3.63, 3.8) is 0 Å². The molecule has 0 amide bonds. The summed E-state index contributed by atoms with van der Waals surface area (Å²) in [6, 6.07) is 3.52. The van der Waals surface area contributed by atoms with E-state index in [1.165, 1.54) is 0 Å². The number of benzene rings is 1. The summed E-state index contributed by atoms with van der Waals surface area (Å²) in [6.45, 7) is 3.97. The van der Waals surface area contributed by atoms with Gasteiger partial charge in [-0.2, -0.15) is 0 Å². The van der Waals surface area contributed by atoms with Gasteiger partial charge in [0.15, 0.2) is 11.5 Å². The molecular formula is C13H22N2O3. The Morgan fingerprint density at radius 2 is 1.72 bits per heavy atom. The Bertz CT molecular complexity index is 413. The van der Waals surface area contributed by atoms with Crippen LogP contribution in [0.1, 0.15) is 13.8 Å². The second kappa shape index (κ2) is 5.35. The predicted octanol–water partition coefficient (Wildman–Crippen LogP) is 1.49. The Balaban J connectivity index is 3.09. The molecule has 1 aromatic rings. The third kappa shape index (κ3) is 3.43. The van der Waals surface area contributed by atoms with E-state index in [-0.39, 0.29) is 0 Å². The van der Waals surface area contributed by atoms with Crippen molar-refractivity contribution in [2.75, 3.05) is 38.4 Å². The quantitative estimate of drug-likeness (QED) is 0.779. The van der Waals surface area contributed by atoms with E-state index in [2.05, 4.69) is 0 Å². The summed E-state index contributed by atoms with van der Waals surface area (Å²) in [6.07, 6.45) is 0. The molecule has 102 valence electrons. The number of methoxy groups -OCH3 is 2. The number of hydrogen-bond donors (Lipinski definition) is 2. The fraction of sp³-hybridized carbons (Fsp3) is 0.538. The largest absolute Gasteiger partial charge is 0.493 e. The van der Waals surface area contributed by atoms with E-state index < -0.39 is 5.60 Å². The van der Waals surface area contributed by atoms with E-state index in [1.807, 2.05) is 11.9 Å². The van der Waals surface area contributed by atoms with Gasteiger partial charge >= 0.3 is 0 Å². The molecule has 0 spiro atoms. The van der Waals surface area contributed by atoms with E-state index in [4.69, 9.17) is 15.2 Å². The fourth-order valence-corrected chi connectivity index (χ4v) is 1.88. The Morgan fingerprint density at radius 3 is 2.17 bits per heavy atom. The van der Waals surface area contributed by atoms with E-state index >= 15 is 0 Å². The van der Waals surface area contributed by atoms with Crippen molar-refractivity contribution in [1.82, 2.24) is 0 Å². The van der Waals surface area contributed by atoms with Crippen LogP contribution < -0.4 is 20.1 Å². The molecule has 0 saturated carbocycles. The highest BCUT2D eigenvalue weighted by Crippen LogP contribution is 2.36. The Hall–Kier alpha value is -1.62. The van der Waals surface area contributed by atoms with Gasteiger partial charge in [0.05, 0.1) is 31.2 Å². The van der Waals surface area contributed by atoms with Crippen LogP contribution in [0.2, 0.25) is 0 Å². The van der Waals surface area contributed by atoms with Gasteiger partial charge in [0.25, 0.3) is 0 Å². The van der Waals surface area contributed by atoms with Crippen LogP contribution in [0.4, 0.5) is 11.4 Å². The Kier molecular flexibility index (Phi) is 4.29. The van der Waals surface area contributed by atoms with Crippen LogP contribution in [0.3, 0.4) is 0 Å². The molecule has 0 heterocycles. The molecule has 18 heavy (non-hydrogen) atoms. The molecule has 0 fully saturated rings. The number of nitrogen functional groups attached to an aromatic ring is 1. The van der Waals surface area contributed by atoms with Crippen LogP contribution in [0.5, 0.6) is 11.5 Å². The highest BCUT2D eigenvalue weighted by Gasteiger charge is 2.19. The molecule has 0 radical (unpaired) electrons. The predicted molar refractivity (Wildman–Crippen MR) is 73.5 cm³/mol. The number of ether oxygens (including phenoxy) is 2. The molecule has 1 aromatic carbocycles. The molecule has 0 atom stereocenters. The maximum atomic E-state index is 9.83. The lowest BCUT2D eigenvalue weighted by atomic mass is 10.1. The molecule has 5 heteroatoms. The van der Waals surface area contributed by atoms with Crippen LogP contribution in [0.15, 0.2) is 12.1 Å². The van der Waals surface area contributed by atoms with Gasteiger partial charge in [-0.05, 0) is 13.8 Å². The molecule has 0 saturated heterocycles. The van der Waals surface area contributed by atoms with Crippen molar-refractivity contribution in [1.29, 1.82) is 0 Å². The topological polar surface area (TPSA) is 68.0 Å². The van der Waals surface area contributed by atoms with E-state index in [9.17, 15) is 5.11 Å². The standard InChI is InChI=1S/C13H22N2O3/c1-13(2,16)8-15(3)10-7-12(18-5)11(17-4)6-9(10)14/h6-7,16H,8,14H2,1-5H3. The first-order valence-electron chi connectivity index (χ1n) is 5.73. The molecule has 0 unspecified atom stereocenters. The second-order valence-corrected chi connectivity index (χ2v) is 4.93. The normalized spacial score (nSPS) is 11.2. The van der Waals surface area contributed by atoms with Crippen LogP contribution >= 0.6 is 0 Å². The SMILES string of the molecule is COc1cc(N)c(N(C)CC(C)(C)O)cc1OC. The van der Waals surface area contributed by atoms with Crippen molar-refractivity contribution < 1.29 is 14.6 Å². The molecular weight excluding hydrogens is 232 g/mol. The van der Waals surface area contributed by atoms with Crippen molar-refractivity contribution in [3.05, 3.63) is 12.1 Å². The molecule has 1 rings (SSSR count). The average Bonchev–Trinajstić information content (AvgIpc) is 2.26.